The van der Waals surface area contributed by atoms with Gasteiger partial charge in [-0.05, 0) is 30.7 Å². The Morgan fingerprint density at radius 1 is 1.10 bits per heavy atom. The van der Waals surface area contributed by atoms with Crippen LogP contribution in [0.1, 0.15) is 5.69 Å². The average Bonchev–Trinajstić information content (AvgIpc) is 3.33. The van der Waals surface area contributed by atoms with Gasteiger partial charge in [-0.2, -0.15) is 10.1 Å². The minimum atomic E-state index is -0.997. The molecule has 1 aliphatic heterocycles. The van der Waals surface area contributed by atoms with Crippen molar-refractivity contribution in [2.24, 2.45) is 7.05 Å². The third kappa shape index (κ3) is 5.81. The molecule has 0 radical (unpaired) electrons. The summed E-state index contributed by atoms with van der Waals surface area (Å²) in [6.07, 6.45) is 6.54. The maximum Gasteiger partial charge on any atom is 0.322 e. The number of carbonyl (C=O) groups is 1. The molecule has 1 saturated heterocycles. The largest absolute Gasteiger partial charge is 0.421 e. The average molecular weight is 534 g/mol. The number of piperazine rings is 1. The molecule has 200 valence electrons. The second kappa shape index (κ2) is 10.8. The molecule has 11 nitrogen and oxygen atoms in total. The zero-order chi connectivity index (χ0) is 27.5. The number of nitrogens with zero attached hydrogens (tertiary/aromatic N) is 8. The summed E-state index contributed by atoms with van der Waals surface area (Å²) in [5, 5.41) is 7.24. The number of benzene rings is 1. The zero-order valence-corrected chi connectivity index (χ0v) is 21.3. The molecule has 1 aliphatic rings. The number of carbonyl (C=O) groups excluding carboxylic acids is 1. The van der Waals surface area contributed by atoms with Crippen LogP contribution in [0.2, 0.25) is 0 Å². The highest BCUT2D eigenvalue weighted by Gasteiger charge is 2.26. The fourth-order valence-corrected chi connectivity index (χ4v) is 4.11. The van der Waals surface area contributed by atoms with Gasteiger partial charge < -0.3 is 19.9 Å². The van der Waals surface area contributed by atoms with E-state index in [1.807, 2.05) is 4.90 Å². The molecule has 4 aromatic rings. The number of aryl methyl sites for hydroxylation is 2. The molecular formula is C26H25F2N9O2. The maximum absolute atomic E-state index is 15.1. The first kappa shape index (κ1) is 25.7. The van der Waals surface area contributed by atoms with Gasteiger partial charge in [0.2, 0.25) is 5.95 Å². The van der Waals surface area contributed by atoms with Crippen LogP contribution >= 0.6 is 0 Å². The van der Waals surface area contributed by atoms with Crippen LogP contribution in [-0.2, 0) is 11.8 Å². The number of hydrogen-bond acceptors (Lipinski definition) is 9. The van der Waals surface area contributed by atoms with Crippen LogP contribution in [0.3, 0.4) is 0 Å². The first-order chi connectivity index (χ1) is 18.8. The Kier molecular flexibility index (Phi) is 7.12. The highest BCUT2D eigenvalue weighted by molar-refractivity contribution is 5.90. The summed E-state index contributed by atoms with van der Waals surface area (Å²) < 4.78 is 35.7. The Balaban J connectivity index is 1.45. The molecule has 0 aliphatic carbocycles. The zero-order valence-electron chi connectivity index (χ0n) is 21.3. The van der Waals surface area contributed by atoms with E-state index in [2.05, 4.69) is 31.9 Å². The third-order valence-electron chi connectivity index (χ3n) is 6.04. The molecule has 39 heavy (non-hydrogen) atoms. The van der Waals surface area contributed by atoms with Crippen molar-refractivity contribution in [1.82, 2.24) is 34.6 Å². The first-order valence-corrected chi connectivity index (χ1v) is 12.1. The van der Waals surface area contributed by atoms with E-state index in [0.717, 1.165) is 0 Å². The van der Waals surface area contributed by atoms with Crippen molar-refractivity contribution in [3.05, 3.63) is 73.0 Å². The normalized spacial score (nSPS) is 13.3. The number of amides is 1. The Morgan fingerprint density at radius 3 is 2.56 bits per heavy atom. The van der Waals surface area contributed by atoms with Crippen molar-refractivity contribution in [3.63, 3.8) is 0 Å². The summed E-state index contributed by atoms with van der Waals surface area (Å²) in [6, 6.07) is 6.27. The molecule has 4 heterocycles. The third-order valence-corrected chi connectivity index (χ3v) is 6.04. The summed E-state index contributed by atoms with van der Waals surface area (Å²) in [7, 11) is 1.79. The van der Waals surface area contributed by atoms with Crippen LogP contribution < -0.4 is 15.0 Å². The van der Waals surface area contributed by atoms with Crippen LogP contribution in [-0.4, -0.2) is 66.7 Å². The van der Waals surface area contributed by atoms with E-state index in [4.69, 9.17) is 9.72 Å². The molecule has 0 unspecified atom stereocenters. The molecule has 0 saturated carbocycles. The van der Waals surface area contributed by atoms with Crippen LogP contribution in [0.5, 0.6) is 11.8 Å². The monoisotopic (exact) mass is 533 g/mol. The topological polar surface area (TPSA) is 114 Å². The number of halogens is 2. The van der Waals surface area contributed by atoms with Crippen molar-refractivity contribution in [2.75, 3.05) is 36.4 Å². The lowest BCUT2D eigenvalue weighted by Gasteiger charge is -2.36. The summed E-state index contributed by atoms with van der Waals surface area (Å²) in [5.74, 6) is -1.53. The SMILES string of the molecule is C=C(F)C(=O)N1CCN(c2nc(Nc3cnn(C)c3)ncc2-c2ccc(Oc3nccc(C)n3)c(F)c2)CC1. The minimum absolute atomic E-state index is 0.0275. The van der Waals surface area contributed by atoms with Gasteiger partial charge in [0.1, 0.15) is 5.82 Å². The molecule has 3 aromatic heterocycles. The van der Waals surface area contributed by atoms with E-state index >= 15 is 4.39 Å². The van der Waals surface area contributed by atoms with Crippen LogP contribution in [0.4, 0.5) is 26.2 Å². The molecular weight excluding hydrogens is 508 g/mol. The number of aromatic nitrogens is 6. The van der Waals surface area contributed by atoms with Gasteiger partial charge >= 0.3 is 6.01 Å². The van der Waals surface area contributed by atoms with Crippen molar-refractivity contribution >= 4 is 23.4 Å². The second-order valence-electron chi connectivity index (χ2n) is 8.87. The van der Waals surface area contributed by atoms with Gasteiger partial charge in [-0.1, -0.05) is 12.6 Å². The van der Waals surface area contributed by atoms with E-state index < -0.39 is 17.6 Å². The van der Waals surface area contributed by atoms with Crippen LogP contribution in [0, 0.1) is 12.7 Å². The van der Waals surface area contributed by atoms with Gasteiger partial charge in [-0.15, -0.1) is 0 Å². The Labute approximate surface area is 222 Å². The van der Waals surface area contributed by atoms with Crippen molar-refractivity contribution < 1.29 is 18.3 Å². The Hall–Kier alpha value is -4.94. The molecule has 1 fully saturated rings. The molecule has 0 bridgehead atoms. The van der Waals surface area contributed by atoms with E-state index in [-0.39, 0.29) is 24.8 Å². The van der Waals surface area contributed by atoms with Gasteiger partial charge in [-0.25, -0.2) is 23.7 Å². The first-order valence-electron chi connectivity index (χ1n) is 12.1. The van der Waals surface area contributed by atoms with Crippen LogP contribution in [0.15, 0.2) is 61.5 Å². The van der Waals surface area contributed by atoms with Crippen LogP contribution in [0.25, 0.3) is 11.1 Å². The van der Waals surface area contributed by atoms with Gasteiger partial charge in [0, 0.05) is 63.1 Å². The number of hydrogen-bond donors (Lipinski definition) is 1. The number of anilines is 3. The van der Waals surface area contributed by atoms with Crippen molar-refractivity contribution in [2.45, 2.75) is 6.92 Å². The van der Waals surface area contributed by atoms with E-state index in [1.54, 1.807) is 49.4 Å². The molecule has 5 rings (SSSR count). The molecule has 1 aromatic carbocycles. The molecule has 1 N–H and O–H groups in total. The summed E-state index contributed by atoms with van der Waals surface area (Å²) in [6.45, 7) is 6.18. The number of nitrogens with one attached hydrogen (secondary N) is 1. The smallest absolute Gasteiger partial charge is 0.322 e. The number of ether oxygens (including phenoxy) is 1. The lowest BCUT2D eigenvalue weighted by Crippen LogP contribution is -2.49. The number of rotatable bonds is 7. The van der Waals surface area contributed by atoms with Gasteiger partial charge in [0.25, 0.3) is 5.91 Å². The molecule has 0 atom stereocenters. The predicted octanol–water partition coefficient (Wildman–Crippen LogP) is 3.78. The lowest BCUT2D eigenvalue weighted by atomic mass is 10.1. The lowest BCUT2D eigenvalue weighted by molar-refractivity contribution is -0.128. The summed E-state index contributed by atoms with van der Waals surface area (Å²) >= 11 is 0. The summed E-state index contributed by atoms with van der Waals surface area (Å²) in [4.78, 5) is 32.7. The predicted molar refractivity (Wildman–Crippen MR) is 140 cm³/mol. The fourth-order valence-electron chi connectivity index (χ4n) is 4.11. The van der Waals surface area contributed by atoms with Crippen molar-refractivity contribution in [1.29, 1.82) is 0 Å². The van der Waals surface area contributed by atoms with E-state index in [9.17, 15) is 9.18 Å². The molecule has 13 heteroatoms. The summed E-state index contributed by atoms with van der Waals surface area (Å²) in [5.41, 5.74) is 2.47. The van der Waals surface area contributed by atoms with E-state index in [0.29, 0.717) is 47.4 Å². The minimum Gasteiger partial charge on any atom is -0.421 e. The van der Waals surface area contributed by atoms with Crippen molar-refractivity contribution in [3.8, 4) is 22.9 Å². The van der Waals surface area contributed by atoms with Gasteiger partial charge in [0.15, 0.2) is 17.4 Å². The quantitative estimate of drug-likeness (QED) is 0.355. The maximum atomic E-state index is 15.1. The molecule has 0 spiro atoms. The fraction of sp³-hybridized carbons (Fsp3) is 0.231. The molecule has 1 amide bonds. The highest BCUT2D eigenvalue weighted by Crippen LogP contribution is 2.34. The second-order valence-corrected chi connectivity index (χ2v) is 8.87. The van der Waals surface area contributed by atoms with Gasteiger partial charge in [0.05, 0.1) is 11.9 Å². The Morgan fingerprint density at radius 2 is 1.90 bits per heavy atom. The Bertz CT molecular complexity index is 1530. The van der Waals surface area contributed by atoms with Gasteiger partial charge in [-0.3, -0.25) is 9.48 Å². The highest BCUT2D eigenvalue weighted by atomic mass is 19.1. The van der Waals surface area contributed by atoms with E-state index in [1.165, 1.54) is 23.2 Å². The standard InChI is InChI=1S/C26H25F2N9O2/c1-16-6-7-29-26(32-16)39-22-5-4-18(12-21(22)28)20-14-30-25(33-19-13-31-35(3)15-19)34-23(20)36-8-10-37(11-9-36)24(38)17(2)27/h4-7,12-15H,2,8-11H2,1,3H3,(H,30,33,34).